The summed E-state index contributed by atoms with van der Waals surface area (Å²) in [6.07, 6.45) is 4.23. The first-order chi connectivity index (χ1) is 18.4. The van der Waals surface area contributed by atoms with Crippen LogP contribution in [0.4, 0.5) is 5.69 Å². The van der Waals surface area contributed by atoms with E-state index in [1.807, 2.05) is 36.4 Å². The lowest BCUT2D eigenvalue weighted by molar-refractivity contribution is 0.0697. The number of nitrogens with zero attached hydrogens (tertiary/aromatic N) is 2. The average molecular weight is 526 g/mol. The normalized spacial score (nSPS) is 12.1. The molecule has 0 radical (unpaired) electrons. The van der Waals surface area contributed by atoms with Crippen molar-refractivity contribution < 1.29 is 23.1 Å². The molecule has 0 aliphatic carbocycles. The zero-order valence-electron chi connectivity index (χ0n) is 20.3. The van der Waals surface area contributed by atoms with Gasteiger partial charge in [0.2, 0.25) is 9.84 Å². The van der Waals surface area contributed by atoms with Gasteiger partial charge in [0, 0.05) is 35.1 Å². The van der Waals surface area contributed by atoms with Crippen LogP contribution in [0, 0.1) is 0 Å². The van der Waals surface area contributed by atoms with Crippen molar-refractivity contribution in [3.63, 3.8) is 0 Å². The van der Waals surface area contributed by atoms with Crippen LogP contribution in [0.15, 0.2) is 108 Å². The lowest BCUT2D eigenvalue weighted by Gasteiger charge is -2.23. The number of anilines is 1. The first-order valence-corrected chi connectivity index (χ1v) is 13.2. The molecule has 0 spiro atoms. The van der Waals surface area contributed by atoms with Gasteiger partial charge in [-0.25, -0.2) is 13.2 Å². The summed E-state index contributed by atoms with van der Waals surface area (Å²) in [6, 6.07) is 24.3. The molecule has 9 heteroatoms. The van der Waals surface area contributed by atoms with Crippen LogP contribution in [0.1, 0.15) is 21.3 Å². The molecule has 0 bridgehead atoms. The predicted octanol–water partition coefficient (Wildman–Crippen LogP) is 5.59. The van der Waals surface area contributed by atoms with E-state index >= 15 is 0 Å². The minimum Gasteiger partial charge on any atom is -0.497 e. The van der Waals surface area contributed by atoms with E-state index in [4.69, 9.17) is 4.74 Å². The number of hydrogen-bond acceptors (Lipinski definition) is 7. The zero-order valence-corrected chi connectivity index (χ0v) is 21.1. The number of rotatable bonds is 8. The summed E-state index contributed by atoms with van der Waals surface area (Å²) in [5, 5.41) is 12.2. The second-order valence-corrected chi connectivity index (χ2v) is 10.5. The molecule has 1 unspecified atom stereocenters. The van der Waals surface area contributed by atoms with Crippen molar-refractivity contribution in [2.45, 2.75) is 10.3 Å². The number of pyridine rings is 2. The maximum absolute atomic E-state index is 13.9. The molecule has 0 aliphatic heterocycles. The van der Waals surface area contributed by atoms with Gasteiger partial charge in [-0.05, 0) is 35.9 Å². The first kappa shape index (κ1) is 24.9. The van der Waals surface area contributed by atoms with Crippen LogP contribution in [0.25, 0.3) is 22.0 Å². The highest BCUT2D eigenvalue weighted by Crippen LogP contribution is 2.37. The Morgan fingerprint density at radius 3 is 2.34 bits per heavy atom. The monoisotopic (exact) mass is 525 g/mol. The SMILES string of the molecule is COc1ccc(S(=O)(=O)C(Nc2c(C(=O)O)cnc3c(-c4ccccc4)cccc23)c2cccnc2)cc1. The van der Waals surface area contributed by atoms with E-state index in [9.17, 15) is 18.3 Å². The molecule has 2 heterocycles. The van der Waals surface area contributed by atoms with Gasteiger partial charge >= 0.3 is 5.97 Å². The fourth-order valence-electron chi connectivity index (χ4n) is 4.30. The average Bonchev–Trinajstić information content (AvgIpc) is 2.96. The van der Waals surface area contributed by atoms with E-state index in [2.05, 4.69) is 15.3 Å². The molecule has 0 amide bonds. The number of methoxy groups -OCH3 is 1. The van der Waals surface area contributed by atoms with Gasteiger partial charge < -0.3 is 15.2 Å². The Bertz CT molecular complexity index is 1710. The van der Waals surface area contributed by atoms with Gasteiger partial charge in [-0.3, -0.25) is 9.97 Å². The fraction of sp³-hybridized carbons (Fsp3) is 0.0690. The second-order valence-electron chi connectivity index (χ2n) is 8.45. The summed E-state index contributed by atoms with van der Waals surface area (Å²) in [7, 11) is -2.58. The Kier molecular flexibility index (Phi) is 6.76. The third kappa shape index (κ3) is 4.67. The number of carboxylic acid groups (broad SMARTS) is 1. The van der Waals surface area contributed by atoms with Crippen molar-refractivity contribution in [3.05, 3.63) is 115 Å². The number of carbonyl (C=O) groups is 1. The number of aromatic nitrogens is 2. The molecule has 3 aromatic carbocycles. The van der Waals surface area contributed by atoms with Gasteiger partial charge in [-0.15, -0.1) is 0 Å². The Morgan fingerprint density at radius 2 is 1.68 bits per heavy atom. The van der Waals surface area contributed by atoms with Gasteiger partial charge in [0.25, 0.3) is 0 Å². The van der Waals surface area contributed by atoms with E-state index < -0.39 is 21.2 Å². The van der Waals surface area contributed by atoms with Gasteiger partial charge in [0.1, 0.15) is 11.3 Å². The van der Waals surface area contributed by atoms with E-state index in [-0.39, 0.29) is 16.1 Å². The highest BCUT2D eigenvalue weighted by Gasteiger charge is 2.31. The molecule has 38 heavy (non-hydrogen) atoms. The molecule has 5 aromatic rings. The van der Waals surface area contributed by atoms with Gasteiger partial charge in [-0.2, -0.15) is 0 Å². The molecule has 2 aromatic heterocycles. The van der Waals surface area contributed by atoms with Crippen molar-refractivity contribution in [2.24, 2.45) is 0 Å². The topological polar surface area (TPSA) is 118 Å². The number of aromatic carboxylic acids is 1. The highest BCUT2D eigenvalue weighted by atomic mass is 32.2. The number of fused-ring (bicyclic) bond motifs is 1. The van der Waals surface area contributed by atoms with Gasteiger partial charge in [0.05, 0.1) is 23.2 Å². The molecule has 0 saturated heterocycles. The van der Waals surface area contributed by atoms with E-state index in [1.165, 1.54) is 37.8 Å². The molecule has 5 rings (SSSR count). The van der Waals surface area contributed by atoms with Crippen molar-refractivity contribution in [1.82, 2.24) is 9.97 Å². The first-order valence-electron chi connectivity index (χ1n) is 11.6. The predicted molar refractivity (Wildman–Crippen MR) is 145 cm³/mol. The van der Waals surface area contributed by atoms with Crippen molar-refractivity contribution in [2.75, 3.05) is 12.4 Å². The number of ether oxygens (including phenoxy) is 1. The van der Waals surface area contributed by atoms with Crippen molar-refractivity contribution in [3.8, 4) is 16.9 Å². The molecular formula is C29H23N3O5S. The molecule has 0 aliphatic rings. The summed E-state index contributed by atoms with van der Waals surface area (Å²) in [4.78, 5) is 20.9. The Hall–Kier alpha value is -4.76. The summed E-state index contributed by atoms with van der Waals surface area (Å²) >= 11 is 0. The third-order valence-electron chi connectivity index (χ3n) is 6.17. The summed E-state index contributed by atoms with van der Waals surface area (Å²) in [6.45, 7) is 0. The number of carboxylic acids is 1. The number of para-hydroxylation sites is 1. The number of sulfone groups is 1. The number of benzene rings is 3. The van der Waals surface area contributed by atoms with Crippen molar-refractivity contribution in [1.29, 1.82) is 0 Å². The van der Waals surface area contributed by atoms with Gasteiger partial charge in [-0.1, -0.05) is 54.6 Å². The molecule has 0 saturated carbocycles. The highest BCUT2D eigenvalue weighted by molar-refractivity contribution is 7.91. The van der Waals surface area contributed by atoms with Crippen LogP contribution < -0.4 is 10.1 Å². The molecule has 1 atom stereocenters. The third-order valence-corrected chi connectivity index (χ3v) is 8.11. The summed E-state index contributed by atoms with van der Waals surface area (Å²) in [5.41, 5.74) is 2.57. The maximum atomic E-state index is 13.9. The van der Waals surface area contributed by atoms with Crippen molar-refractivity contribution >= 4 is 32.4 Å². The van der Waals surface area contributed by atoms with E-state index in [0.29, 0.717) is 22.2 Å². The second kappa shape index (κ2) is 10.3. The number of hydrogen-bond donors (Lipinski definition) is 2. The van der Waals surface area contributed by atoms with Crippen LogP contribution in [0.2, 0.25) is 0 Å². The van der Waals surface area contributed by atoms with E-state index in [1.54, 1.807) is 36.4 Å². The Balaban J connectivity index is 1.71. The molecule has 2 N–H and O–H groups in total. The lowest BCUT2D eigenvalue weighted by atomic mass is 10.00. The standard InChI is InChI=1S/C29H23N3O5S/c1-37-21-12-14-22(15-13-21)38(35,36)28(20-9-6-16-30-17-20)32-27-24-11-5-10-23(19-7-3-2-4-8-19)26(24)31-18-25(27)29(33)34/h2-18,28H,1H3,(H,31,32)(H,33,34). The minimum atomic E-state index is -4.07. The smallest absolute Gasteiger partial charge is 0.339 e. The van der Waals surface area contributed by atoms with Crippen LogP contribution in [0.3, 0.4) is 0 Å². The summed E-state index contributed by atoms with van der Waals surface area (Å²) < 4.78 is 33.1. The maximum Gasteiger partial charge on any atom is 0.339 e. The van der Waals surface area contributed by atoms with Crippen LogP contribution in [-0.4, -0.2) is 36.6 Å². The number of nitrogens with one attached hydrogen (secondary N) is 1. The van der Waals surface area contributed by atoms with Crippen LogP contribution in [0.5, 0.6) is 5.75 Å². The van der Waals surface area contributed by atoms with E-state index in [0.717, 1.165) is 11.1 Å². The van der Waals surface area contributed by atoms with Crippen LogP contribution >= 0.6 is 0 Å². The van der Waals surface area contributed by atoms with Crippen LogP contribution in [-0.2, 0) is 9.84 Å². The van der Waals surface area contributed by atoms with Gasteiger partial charge in [0.15, 0.2) is 5.37 Å². The molecule has 8 nitrogen and oxygen atoms in total. The quantitative estimate of drug-likeness (QED) is 0.269. The fourth-order valence-corrected chi connectivity index (χ4v) is 5.85. The molecule has 0 fully saturated rings. The minimum absolute atomic E-state index is 0.0415. The molecule has 190 valence electrons. The zero-order chi connectivity index (χ0) is 26.7. The molecular weight excluding hydrogens is 502 g/mol. The Morgan fingerprint density at radius 1 is 0.921 bits per heavy atom. The lowest BCUT2D eigenvalue weighted by Crippen LogP contribution is -2.23. The Labute approximate surface area is 219 Å². The summed E-state index contributed by atoms with van der Waals surface area (Å²) in [5.74, 6) is -0.727. The largest absolute Gasteiger partial charge is 0.497 e.